The number of fused-ring (bicyclic) bond motifs is 2. The Morgan fingerprint density at radius 2 is 1.85 bits per heavy atom. The van der Waals surface area contributed by atoms with Gasteiger partial charge in [-0.25, -0.2) is 4.79 Å². The predicted octanol–water partition coefficient (Wildman–Crippen LogP) is 3.46. The number of carbonyl (C=O) groups excluding carboxylic acids is 2. The highest BCUT2D eigenvalue weighted by Gasteiger charge is 2.15. The molecule has 2 aromatic carbocycles. The van der Waals surface area contributed by atoms with Crippen LogP contribution in [0.25, 0.3) is 10.9 Å². The van der Waals surface area contributed by atoms with Crippen molar-refractivity contribution in [3.8, 4) is 5.75 Å². The highest BCUT2D eigenvalue weighted by atomic mass is 16.6. The average Bonchev–Trinajstić information content (AvgIpc) is 3.30. The van der Waals surface area contributed by atoms with E-state index in [1.165, 1.54) is 11.1 Å². The fourth-order valence-electron chi connectivity index (χ4n) is 3.35. The van der Waals surface area contributed by atoms with E-state index in [2.05, 4.69) is 4.98 Å². The normalized spacial score (nSPS) is 12.8. The van der Waals surface area contributed by atoms with Crippen LogP contribution in [0.4, 0.5) is 0 Å². The van der Waals surface area contributed by atoms with Crippen LogP contribution in [-0.2, 0) is 22.4 Å². The number of H-pyrrole nitrogens is 1. The summed E-state index contributed by atoms with van der Waals surface area (Å²) in [6, 6.07) is 13.4. The maximum Gasteiger partial charge on any atom is 0.344 e. The molecule has 0 bridgehead atoms. The van der Waals surface area contributed by atoms with E-state index in [4.69, 9.17) is 9.47 Å². The topological polar surface area (TPSA) is 68.4 Å². The van der Waals surface area contributed by atoms with Crippen molar-refractivity contribution in [1.29, 1.82) is 0 Å². The predicted molar refractivity (Wildman–Crippen MR) is 97.6 cm³/mol. The van der Waals surface area contributed by atoms with Crippen molar-refractivity contribution in [1.82, 2.24) is 4.98 Å². The Morgan fingerprint density at radius 3 is 2.77 bits per heavy atom. The third-order valence-corrected chi connectivity index (χ3v) is 4.68. The summed E-state index contributed by atoms with van der Waals surface area (Å²) < 4.78 is 10.6. The molecule has 1 aromatic heterocycles. The molecule has 0 saturated carbocycles. The van der Waals surface area contributed by atoms with E-state index in [9.17, 15) is 9.59 Å². The van der Waals surface area contributed by atoms with Crippen molar-refractivity contribution in [2.45, 2.75) is 19.3 Å². The Bertz CT molecular complexity index is 973. The molecule has 0 unspecified atom stereocenters. The first kappa shape index (κ1) is 16.4. The van der Waals surface area contributed by atoms with Crippen LogP contribution in [0.5, 0.6) is 5.75 Å². The van der Waals surface area contributed by atoms with Crippen molar-refractivity contribution in [3.63, 3.8) is 0 Å². The molecule has 0 spiro atoms. The van der Waals surface area contributed by atoms with E-state index in [-0.39, 0.29) is 19.0 Å². The lowest BCUT2D eigenvalue weighted by atomic mass is 10.1. The summed E-state index contributed by atoms with van der Waals surface area (Å²) >= 11 is 0. The molecular weight excluding hydrogens is 330 g/mol. The molecule has 132 valence electrons. The minimum atomic E-state index is -0.557. The minimum absolute atomic E-state index is 0.208. The van der Waals surface area contributed by atoms with E-state index in [0.717, 1.165) is 30.2 Å². The Kier molecular flexibility index (Phi) is 4.44. The third kappa shape index (κ3) is 3.33. The van der Waals surface area contributed by atoms with Gasteiger partial charge in [0.05, 0.1) is 0 Å². The van der Waals surface area contributed by atoms with Gasteiger partial charge in [-0.05, 0) is 48.6 Å². The molecule has 5 nitrogen and oxygen atoms in total. The van der Waals surface area contributed by atoms with Gasteiger partial charge >= 0.3 is 5.97 Å². The van der Waals surface area contributed by atoms with Gasteiger partial charge in [0.15, 0.2) is 13.2 Å². The van der Waals surface area contributed by atoms with Crippen LogP contribution in [0.15, 0.2) is 48.7 Å². The molecule has 1 heterocycles. The van der Waals surface area contributed by atoms with Crippen molar-refractivity contribution in [2.75, 3.05) is 13.2 Å². The zero-order valence-electron chi connectivity index (χ0n) is 14.3. The zero-order valence-corrected chi connectivity index (χ0v) is 14.3. The quantitative estimate of drug-likeness (QED) is 0.547. The van der Waals surface area contributed by atoms with Crippen molar-refractivity contribution < 1.29 is 19.1 Å². The number of aromatic amines is 1. The maximum atomic E-state index is 12.3. The Hall–Kier alpha value is -3.08. The Morgan fingerprint density at radius 1 is 1.00 bits per heavy atom. The number of esters is 1. The molecular formula is C21H19NO4. The second-order valence-corrected chi connectivity index (χ2v) is 6.40. The summed E-state index contributed by atoms with van der Waals surface area (Å²) in [7, 11) is 0. The number of Topliss-reactive ketones (excluding diaryl/α,β-unsaturated/α-hetero) is 1. The number of para-hydroxylation sites is 1. The van der Waals surface area contributed by atoms with Gasteiger partial charge in [-0.3, -0.25) is 4.79 Å². The minimum Gasteiger partial charge on any atom is -0.482 e. The molecule has 1 aliphatic rings. The van der Waals surface area contributed by atoms with Crippen molar-refractivity contribution >= 4 is 22.7 Å². The van der Waals surface area contributed by atoms with Crippen LogP contribution in [0, 0.1) is 0 Å². The number of rotatable bonds is 6. The highest BCUT2D eigenvalue weighted by molar-refractivity contribution is 6.08. The molecule has 0 radical (unpaired) electrons. The number of aromatic nitrogens is 1. The fourth-order valence-corrected chi connectivity index (χ4v) is 3.35. The summed E-state index contributed by atoms with van der Waals surface area (Å²) in [5.41, 5.74) is 4.03. The van der Waals surface area contributed by atoms with E-state index < -0.39 is 5.97 Å². The summed E-state index contributed by atoms with van der Waals surface area (Å²) in [6.45, 7) is -0.506. The molecule has 1 N–H and O–H groups in total. The van der Waals surface area contributed by atoms with E-state index in [0.29, 0.717) is 11.3 Å². The number of carbonyl (C=O) groups is 2. The second-order valence-electron chi connectivity index (χ2n) is 6.40. The number of ether oxygens (including phenoxy) is 2. The molecule has 5 heteroatoms. The first-order chi connectivity index (χ1) is 12.7. The van der Waals surface area contributed by atoms with Gasteiger partial charge in [-0.2, -0.15) is 0 Å². The zero-order chi connectivity index (χ0) is 17.9. The number of benzene rings is 2. The smallest absolute Gasteiger partial charge is 0.344 e. The number of hydrogen-bond acceptors (Lipinski definition) is 4. The van der Waals surface area contributed by atoms with Crippen LogP contribution < -0.4 is 4.74 Å². The highest BCUT2D eigenvalue weighted by Crippen LogP contribution is 2.26. The van der Waals surface area contributed by atoms with Gasteiger partial charge < -0.3 is 14.5 Å². The van der Waals surface area contributed by atoms with Crippen LogP contribution in [0.1, 0.15) is 27.9 Å². The molecule has 26 heavy (non-hydrogen) atoms. The monoisotopic (exact) mass is 349 g/mol. The second kappa shape index (κ2) is 7.04. The van der Waals surface area contributed by atoms with Crippen molar-refractivity contribution in [2.24, 2.45) is 0 Å². The van der Waals surface area contributed by atoms with Crippen LogP contribution in [-0.4, -0.2) is 30.0 Å². The van der Waals surface area contributed by atoms with Gasteiger partial charge in [0.1, 0.15) is 5.75 Å². The molecule has 3 aromatic rings. The number of ketones is 1. The molecule has 0 saturated heterocycles. The number of aryl methyl sites for hydroxylation is 2. The van der Waals surface area contributed by atoms with Gasteiger partial charge in [-0.15, -0.1) is 0 Å². The molecule has 0 fully saturated rings. The third-order valence-electron chi connectivity index (χ3n) is 4.68. The van der Waals surface area contributed by atoms with E-state index >= 15 is 0 Å². The van der Waals surface area contributed by atoms with Crippen LogP contribution in [0.2, 0.25) is 0 Å². The summed E-state index contributed by atoms with van der Waals surface area (Å²) in [6.07, 6.45) is 4.96. The van der Waals surface area contributed by atoms with Crippen LogP contribution >= 0.6 is 0 Å². The van der Waals surface area contributed by atoms with Gasteiger partial charge in [0.25, 0.3) is 0 Å². The lowest BCUT2D eigenvalue weighted by molar-refractivity contribution is -0.144. The maximum absolute atomic E-state index is 12.3. The standard InChI is InChI=1S/C21H19NO4/c23-20(18-11-22-19-7-2-1-6-17(18)19)12-26-21(24)13-25-16-9-8-14-4-3-5-15(14)10-16/h1-2,6-11,22H,3-5,12-13H2. The van der Waals surface area contributed by atoms with Gasteiger partial charge in [0, 0.05) is 22.7 Å². The van der Waals surface area contributed by atoms with Crippen LogP contribution in [0.3, 0.4) is 0 Å². The Labute approximate surface area is 150 Å². The largest absolute Gasteiger partial charge is 0.482 e. The first-order valence-corrected chi connectivity index (χ1v) is 8.70. The SMILES string of the molecule is O=C(COc1ccc2c(c1)CCC2)OCC(=O)c1c[nH]c2ccccc12. The van der Waals surface area contributed by atoms with Gasteiger partial charge in [0.2, 0.25) is 5.78 Å². The average molecular weight is 349 g/mol. The molecule has 4 rings (SSSR count). The van der Waals surface area contributed by atoms with E-state index in [1.807, 2.05) is 42.5 Å². The summed E-state index contributed by atoms with van der Waals surface area (Å²) in [5, 5.41) is 0.822. The molecule has 0 aliphatic heterocycles. The molecule has 1 aliphatic carbocycles. The number of nitrogens with one attached hydrogen (secondary N) is 1. The Balaban J connectivity index is 1.30. The van der Waals surface area contributed by atoms with Crippen molar-refractivity contribution in [3.05, 3.63) is 65.4 Å². The lowest BCUT2D eigenvalue weighted by Gasteiger charge is -2.08. The molecule has 0 amide bonds. The lowest BCUT2D eigenvalue weighted by Crippen LogP contribution is -2.19. The summed E-state index contributed by atoms with van der Waals surface area (Å²) in [5.74, 6) is -0.141. The first-order valence-electron chi connectivity index (χ1n) is 8.70. The van der Waals surface area contributed by atoms with E-state index in [1.54, 1.807) is 6.20 Å². The summed E-state index contributed by atoms with van der Waals surface area (Å²) in [4.78, 5) is 27.2. The number of hydrogen-bond donors (Lipinski definition) is 1. The van der Waals surface area contributed by atoms with Gasteiger partial charge in [-0.1, -0.05) is 24.3 Å². The fraction of sp³-hybridized carbons (Fsp3) is 0.238. The molecule has 0 atom stereocenters.